The van der Waals surface area contributed by atoms with Gasteiger partial charge < -0.3 is 0 Å². The van der Waals surface area contributed by atoms with Gasteiger partial charge in [0.1, 0.15) is 0 Å². The van der Waals surface area contributed by atoms with Gasteiger partial charge in [0, 0.05) is 5.41 Å². The average Bonchev–Trinajstić information content (AvgIpc) is 2.38. The van der Waals surface area contributed by atoms with Crippen molar-refractivity contribution in [3.05, 3.63) is 11.6 Å². The van der Waals surface area contributed by atoms with E-state index in [1.165, 1.54) is 5.57 Å². The Morgan fingerprint density at radius 1 is 1.21 bits per heavy atom. The first-order valence-electron chi connectivity index (χ1n) is 7.18. The normalized spacial score (nSPS) is 49.0. The number of fused-ring (bicyclic) bond motifs is 3. The smallest absolute Gasteiger partial charge is 0.239 e. The molecule has 0 aromatic heterocycles. The predicted octanol–water partition coefficient (Wildman–Crippen LogP) is 5.45. The molecule has 4 heteroatoms. The number of rotatable bonds is 1. The molecule has 4 aliphatic rings. The molecule has 0 amide bonds. The van der Waals surface area contributed by atoms with Crippen LogP contribution in [0.3, 0.4) is 0 Å². The summed E-state index contributed by atoms with van der Waals surface area (Å²) >= 11 is 1.96. The Morgan fingerprint density at radius 3 is 2.37 bits per heavy atom. The second-order valence-electron chi connectivity index (χ2n) is 6.70. The molecule has 2 atom stereocenters. The quantitative estimate of drug-likeness (QED) is 0.320. The first kappa shape index (κ1) is 14.2. The van der Waals surface area contributed by atoms with E-state index in [9.17, 15) is 13.2 Å². The van der Waals surface area contributed by atoms with Crippen LogP contribution >= 0.6 is 22.6 Å². The largest absolute Gasteiger partial charge is 0.285 e. The van der Waals surface area contributed by atoms with Gasteiger partial charge in [-0.1, -0.05) is 34.2 Å². The Morgan fingerprint density at radius 2 is 1.84 bits per heavy atom. The molecule has 0 spiro atoms. The van der Waals surface area contributed by atoms with Gasteiger partial charge in [0.25, 0.3) is 5.92 Å². The number of alkyl halides is 4. The maximum atomic E-state index is 14.7. The Bertz CT molecular complexity index is 408. The van der Waals surface area contributed by atoms with Crippen LogP contribution in [0.1, 0.15) is 51.9 Å². The summed E-state index contributed by atoms with van der Waals surface area (Å²) in [4.78, 5) is 0. The topological polar surface area (TPSA) is 0 Å². The predicted molar refractivity (Wildman–Crippen MR) is 78.6 cm³/mol. The molecule has 108 valence electrons. The van der Waals surface area contributed by atoms with Crippen molar-refractivity contribution in [1.29, 1.82) is 0 Å². The van der Waals surface area contributed by atoms with Gasteiger partial charge in [-0.05, 0) is 57.8 Å². The van der Waals surface area contributed by atoms with Crippen LogP contribution in [0, 0.1) is 11.3 Å². The van der Waals surface area contributed by atoms with Crippen molar-refractivity contribution in [3.8, 4) is 0 Å². The van der Waals surface area contributed by atoms with E-state index >= 15 is 0 Å². The van der Waals surface area contributed by atoms with Crippen molar-refractivity contribution >= 4 is 22.6 Å². The molecule has 2 unspecified atom stereocenters. The van der Waals surface area contributed by atoms with E-state index in [-0.39, 0.29) is 5.92 Å². The monoisotopic (exact) mass is 384 g/mol. The lowest BCUT2D eigenvalue weighted by atomic mass is 9.51. The van der Waals surface area contributed by atoms with Crippen LogP contribution in [-0.2, 0) is 0 Å². The van der Waals surface area contributed by atoms with E-state index in [0.717, 1.165) is 12.8 Å². The Balaban J connectivity index is 1.95. The zero-order valence-corrected chi connectivity index (χ0v) is 13.4. The zero-order chi connectivity index (χ0) is 13.9. The van der Waals surface area contributed by atoms with Crippen molar-refractivity contribution < 1.29 is 13.2 Å². The molecular formula is C15H20F3I. The maximum Gasteiger partial charge on any atom is 0.285 e. The van der Waals surface area contributed by atoms with Crippen LogP contribution in [0.5, 0.6) is 0 Å². The molecule has 0 aliphatic heterocycles. The molecule has 0 radical (unpaired) electrons. The van der Waals surface area contributed by atoms with Gasteiger partial charge in [0.15, 0.2) is 6.17 Å². The summed E-state index contributed by atoms with van der Waals surface area (Å²) in [7, 11) is 0. The van der Waals surface area contributed by atoms with Crippen molar-refractivity contribution in [2.75, 3.05) is 0 Å². The molecular weight excluding hydrogens is 364 g/mol. The van der Waals surface area contributed by atoms with Gasteiger partial charge in [-0.3, -0.25) is 0 Å². The number of hydrogen-bond donors (Lipinski definition) is 0. The molecule has 0 N–H and O–H groups in total. The third-order valence-corrected chi connectivity index (χ3v) is 7.45. The molecule has 0 heterocycles. The summed E-state index contributed by atoms with van der Waals surface area (Å²) < 4.78 is 42.9. The lowest BCUT2D eigenvalue weighted by Gasteiger charge is -2.60. The summed E-state index contributed by atoms with van der Waals surface area (Å²) in [5.74, 6) is -3.18. The molecule has 0 saturated heterocycles. The second kappa shape index (κ2) is 4.38. The minimum atomic E-state index is -3.14. The highest BCUT2D eigenvalue weighted by Crippen LogP contribution is 2.68. The fourth-order valence-corrected chi connectivity index (χ4v) is 5.35. The SMILES string of the molecule is CC1=CCC(C23CCC(I)(CC2)C(F)C3(F)F)CC1. The van der Waals surface area contributed by atoms with E-state index < -0.39 is 20.9 Å². The van der Waals surface area contributed by atoms with Crippen LogP contribution in [0.15, 0.2) is 11.6 Å². The minimum Gasteiger partial charge on any atom is -0.239 e. The van der Waals surface area contributed by atoms with E-state index in [4.69, 9.17) is 0 Å². The summed E-state index contributed by atoms with van der Waals surface area (Å²) in [5, 5.41) is 0. The number of halogens is 4. The fourth-order valence-electron chi connectivity index (χ4n) is 4.42. The molecule has 4 aliphatic carbocycles. The Hall–Kier alpha value is 0.260. The van der Waals surface area contributed by atoms with Crippen molar-refractivity contribution in [2.45, 2.75) is 67.4 Å². The summed E-state index contributed by atoms with van der Waals surface area (Å²) in [6.45, 7) is 2.06. The lowest BCUT2D eigenvalue weighted by Crippen LogP contribution is -2.66. The number of hydrogen-bond acceptors (Lipinski definition) is 0. The summed E-state index contributed by atoms with van der Waals surface area (Å²) in [5.41, 5.74) is 0.221. The van der Waals surface area contributed by atoms with Gasteiger partial charge in [-0.25, -0.2) is 13.2 Å². The summed E-state index contributed by atoms with van der Waals surface area (Å²) in [6.07, 6.45) is 4.77. The van der Waals surface area contributed by atoms with E-state index in [1.54, 1.807) is 0 Å². The second-order valence-corrected chi connectivity index (χ2v) is 8.85. The lowest BCUT2D eigenvalue weighted by molar-refractivity contribution is -0.248. The molecule has 19 heavy (non-hydrogen) atoms. The maximum absolute atomic E-state index is 14.7. The van der Waals surface area contributed by atoms with Crippen molar-refractivity contribution in [3.63, 3.8) is 0 Å². The third kappa shape index (κ3) is 1.84. The zero-order valence-electron chi connectivity index (χ0n) is 11.2. The fraction of sp³-hybridized carbons (Fsp3) is 0.867. The molecule has 3 saturated carbocycles. The molecule has 2 bridgehead atoms. The Kier molecular flexibility index (Phi) is 3.27. The van der Waals surface area contributed by atoms with E-state index in [1.807, 2.05) is 22.6 Å². The van der Waals surface area contributed by atoms with Crippen LogP contribution < -0.4 is 0 Å². The van der Waals surface area contributed by atoms with Gasteiger partial charge in [0.2, 0.25) is 0 Å². The van der Waals surface area contributed by atoms with Crippen LogP contribution in [0.2, 0.25) is 0 Å². The van der Waals surface area contributed by atoms with Crippen molar-refractivity contribution in [2.24, 2.45) is 11.3 Å². The highest BCUT2D eigenvalue weighted by Gasteiger charge is 2.72. The minimum absolute atomic E-state index is 0.0364. The van der Waals surface area contributed by atoms with Crippen LogP contribution in [0.25, 0.3) is 0 Å². The van der Waals surface area contributed by atoms with E-state index in [2.05, 4.69) is 13.0 Å². The highest BCUT2D eigenvalue weighted by atomic mass is 127. The van der Waals surface area contributed by atoms with Gasteiger partial charge in [-0.2, -0.15) is 0 Å². The van der Waals surface area contributed by atoms with Gasteiger partial charge >= 0.3 is 0 Å². The summed E-state index contributed by atoms with van der Waals surface area (Å²) in [6, 6.07) is 0. The van der Waals surface area contributed by atoms with Crippen molar-refractivity contribution in [1.82, 2.24) is 0 Å². The first-order valence-corrected chi connectivity index (χ1v) is 8.26. The molecule has 0 aromatic carbocycles. The highest BCUT2D eigenvalue weighted by molar-refractivity contribution is 14.1. The standard InChI is InChI=1S/C15H20F3I/c1-10-2-4-11(5-3-10)13-6-8-14(19,9-7-13)12(16)15(13,17)18/h2,11-12H,3-9H2,1H3. The average molecular weight is 384 g/mol. The van der Waals surface area contributed by atoms with E-state index in [0.29, 0.717) is 32.1 Å². The molecule has 3 fully saturated rings. The molecule has 0 aromatic rings. The molecule has 4 rings (SSSR count). The third-order valence-electron chi connectivity index (χ3n) is 5.83. The van der Waals surface area contributed by atoms with Crippen LogP contribution in [0.4, 0.5) is 13.2 Å². The first-order chi connectivity index (χ1) is 8.82. The van der Waals surface area contributed by atoms with Crippen LogP contribution in [-0.4, -0.2) is 15.5 Å². The Labute approximate surface area is 126 Å². The van der Waals surface area contributed by atoms with Gasteiger partial charge in [-0.15, -0.1) is 0 Å². The van der Waals surface area contributed by atoms with Gasteiger partial charge in [0.05, 0.1) is 3.42 Å². The number of allylic oxidation sites excluding steroid dienone is 2. The molecule has 0 nitrogen and oxygen atoms in total.